The Kier molecular flexibility index (Phi) is 20.6. The molecule has 0 fully saturated rings. The molecule has 0 atom stereocenters. The Balaban J connectivity index is 0.000000142. The third kappa shape index (κ3) is 15.2. The van der Waals surface area contributed by atoms with Gasteiger partial charge in [-0.2, -0.15) is 0 Å². The number of benzene rings is 3. The first-order valence-electron chi connectivity index (χ1n) is 29.1. The largest absolute Gasteiger partial charge is 0.275 e. The van der Waals surface area contributed by atoms with E-state index < -0.39 is 94.5 Å². The second kappa shape index (κ2) is 29.4. The number of carbonyl (C=O) groups is 20. The number of hydrogen-bond acceptors (Lipinski definition) is 20. The first-order valence-corrected chi connectivity index (χ1v) is 29.1. The summed E-state index contributed by atoms with van der Waals surface area (Å²) in [7, 11) is 0. The van der Waals surface area contributed by atoms with E-state index in [9.17, 15) is 95.9 Å². The van der Waals surface area contributed by atoms with Crippen LogP contribution in [0.25, 0.3) is 0 Å². The Morgan fingerprint density at radius 3 is 0.680 bits per heavy atom. The van der Waals surface area contributed by atoms with Crippen LogP contribution in [0.4, 0.5) is 34.1 Å². The lowest BCUT2D eigenvalue weighted by Crippen LogP contribution is -2.40. The van der Waals surface area contributed by atoms with Crippen LogP contribution < -0.4 is 29.4 Å². The molecule has 13 rings (SSSR count). The summed E-state index contributed by atoms with van der Waals surface area (Å²) in [5, 5.41) is 0. The van der Waals surface area contributed by atoms with Crippen molar-refractivity contribution < 1.29 is 95.9 Å². The molecule has 0 radical (unpaired) electrons. The van der Waals surface area contributed by atoms with Gasteiger partial charge in [0.05, 0.1) is 34.1 Å². The van der Waals surface area contributed by atoms with Gasteiger partial charge in [-0.3, -0.25) is 115 Å². The lowest BCUT2D eigenvalue weighted by Gasteiger charge is -2.20. The van der Waals surface area contributed by atoms with E-state index in [-0.39, 0.29) is 36.7 Å². The quantitative estimate of drug-likeness (QED) is 0.143. The first kappa shape index (κ1) is 67.8. The molecule has 10 aliphatic heterocycles. The van der Waals surface area contributed by atoms with Crippen molar-refractivity contribution in [2.75, 3.05) is 55.6 Å². The van der Waals surface area contributed by atoms with E-state index in [0.29, 0.717) is 52.8 Å². The maximum absolute atomic E-state index is 11.8. The van der Waals surface area contributed by atoms with Crippen LogP contribution in [0.15, 0.2) is 188 Å². The maximum Gasteiger partial charge on any atom is 0.258 e. The van der Waals surface area contributed by atoms with Crippen LogP contribution in [-0.4, -0.2) is 164 Å². The topological polar surface area (TPSA) is 374 Å². The molecule has 10 aliphatic rings. The summed E-state index contributed by atoms with van der Waals surface area (Å²) in [6.07, 6.45) is 27.1. The zero-order chi connectivity index (χ0) is 69.9. The van der Waals surface area contributed by atoms with Gasteiger partial charge in [0, 0.05) is 148 Å². The van der Waals surface area contributed by atoms with Gasteiger partial charge >= 0.3 is 0 Å². The minimum absolute atomic E-state index is 0.0316. The Bertz CT molecular complexity index is 4020. The number of rotatable bonds is 16. The number of carbonyl (C=O) groups excluding carboxylic acids is 20. The molecule has 0 aromatic heterocycles. The Morgan fingerprint density at radius 1 is 0.206 bits per heavy atom. The highest BCUT2D eigenvalue weighted by molar-refractivity contribution is 6.33. The van der Waals surface area contributed by atoms with Crippen molar-refractivity contribution in [3.63, 3.8) is 0 Å². The molecule has 0 N–H and O–H groups in total. The van der Waals surface area contributed by atoms with Crippen LogP contribution in [0.1, 0.15) is 31.2 Å². The number of imide groups is 10. The highest BCUT2D eigenvalue weighted by Gasteiger charge is 2.34. The van der Waals surface area contributed by atoms with Gasteiger partial charge in [0.1, 0.15) is 0 Å². The van der Waals surface area contributed by atoms with Crippen LogP contribution in [0.5, 0.6) is 0 Å². The normalized spacial score (nSPS) is 18.1. The highest BCUT2D eigenvalue weighted by atomic mass is 16.2. The summed E-state index contributed by atoms with van der Waals surface area (Å²) >= 11 is 0. The number of nitrogens with zero attached hydrogens (tertiary/aromatic N) is 10. The molecule has 30 nitrogen and oxygen atoms in total. The SMILES string of the molecule is Cc1ccc(N2C(=O)C=CC2=O)cc1N1C(=O)C=CC1=O.O=C1C=CC(=O)N1CCCCCCN1C(=O)C=CC1=O.O=C1C=CC(=O)N1CCN1C(=O)C=CC1=O.O=C1C=CC(=O)N1c1ccc(N2C(=O)C=CC2=O)cc1.O=C1C=CC(=O)N1c1cccc(N2C(=O)C=CC2=O)c1. The van der Waals surface area contributed by atoms with E-state index in [2.05, 4.69) is 0 Å². The average molecular weight is 1320 g/mol. The van der Waals surface area contributed by atoms with E-state index >= 15 is 0 Å². The Labute approximate surface area is 547 Å². The van der Waals surface area contributed by atoms with Crippen LogP contribution in [0.2, 0.25) is 0 Å². The number of anilines is 6. The zero-order valence-corrected chi connectivity index (χ0v) is 50.7. The smallest absolute Gasteiger partial charge is 0.258 e. The molecule has 0 bridgehead atoms. The number of amides is 20. The molecule has 10 heterocycles. The van der Waals surface area contributed by atoms with Gasteiger partial charge in [0.25, 0.3) is 118 Å². The van der Waals surface area contributed by atoms with Crippen molar-refractivity contribution in [1.29, 1.82) is 0 Å². The second-order valence-corrected chi connectivity index (χ2v) is 21.1. The molecule has 0 aliphatic carbocycles. The highest BCUT2D eigenvalue weighted by Crippen LogP contribution is 2.31. The predicted molar refractivity (Wildman–Crippen MR) is 336 cm³/mol. The van der Waals surface area contributed by atoms with Crippen molar-refractivity contribution in [3.8, 4) is 0 Å². The summed E-state index contributed by atoms with van der Waals surface area (Å²) in [6.45, 7) is 2.65. The van der Waals surface area contributed by atoms with Crippen LogP contribution in [0.3, 0.4) is 0 Å². The van der Waals surface area contributed by atoms with Gasteiger partial charge in [-0.1, -0.05) is 25.0 Å². The fraction of sp³-hybridized carbons (Fsp3) is 0.134. The minimum atomic E-state index is -0.454. The van der Waals surface area contributed by atoms with Gasteiger partial charge < -0.3 is 0 Å². The van der Waals surface area contributed by atoms with Crippen molar-refractivity contribution in [3.05, 3.63) is 194 Å². The molecule has 97 heavy (non-hydrogen) atoms. The second-order valence-electron chi connectivity index (χ2n) is 21.1. The number of hydrogen-bond donors (Lipinski definition) is 0. The third-order valence-corrected chi connectivity index (χ3v) is 14.9. The van der Waals surface area contributed by atoms with E-state index in [1.165, 1.54) is 143 Å². The predicted octanol–water partition coefficient (Wildman–Crippen LogP) is 1.18. The first-order chi connectivity index (χ1) is 46.3. The van der Waals surface area contributed by atoms with Crippen LogP contribution >= 0.6 is 0 Å². The molecule has 3 aromatic carbocycles. The van der Waals surface area contributed by atoms with Gasteiger partial charge in [0.15, 0.2) is 0 Å². The molecule has 0 spiro atoms. The van der Waals surface area contributed by atoms with Crippen LogP contribution in [0, 0.1) is 6.92 Å². The lowest BCUT2D eigenvalue weighted by molar-refractivity contribution is -0.142. The molecular weight excluding hydrogens is 1260 g/mol. The fourth-order valence-corrected chi connectivity index (χ4v) is 10.1. The molecule has 3 aromatic rings. The summed E-state index contributed by atoms with van der Waals surface area (Å²) in [5.74, 6) is -7.99. The van der Waals surface area contributed by atoms with Crippen molar-refractivity contribution in [2.24, 2.45) is 0 Å². The molecule has 488 valence electrons. The fourth-order valence-electron chi connectivity index (χ4n) is 10.1. The summed E-state index contributed by atoms with van der Waals surface area (Å²) in [5.41, 5.74) is 2.78. The molecule has 30 heteroatoms. The maximum atomic E-state index is 11.8. The van der Waals surface area contributed by atoms with Crippen molar-refractivity contribution >= 4 is 152 Å². The average Bonchev–Trinajstić information content (AvgIpc) is 1.71. The van der Waals surface area contributed by atoms with Crippen molar-refractivity contribution in [2.45, 2.75) is 32.6 Å². The lowest BCUT2D eigenvalue weighted by atomic mass is 10.1. The monoisotopic (exact) mass is 1310 g/mol. The van der Waals surface area contributed by atoms with Gasteiger partial charge in [-0.25, -0.2) is 29.4 Å². The van der Waals surface area contributed by atoms with E-state index in [4.69, 9.17) is 0 Å². The van der Waals surface area contributed by atoms with Crippen LogP contribution in [-0.2, 0) is 95.9 Å². The molecule has 20 amide bonds. The van der Waals surface area contributed by atoms with E-state index in [1.54, 1.807) is 37.3 Å². The zero-order valence-electron chi connectivity index (χ0n) is 50.7. The number of aryl methyl sites for hydroxylation is 1. The Hall–Kier alpha value is -13.5. The summed E-state index contributed by atoms with van der Waals surface area (Å²) in [6, 6.07) is 16.9. The summed E-state index contributed by atoms with van der Waals surface area (Å²) in [4.78, 5) is 240. The van der Waals surface area contributed by atoms with Gasteiger partial charge in [0.2, 0.25) is 0 Å². The van der Waals surface area contributed by atoms with Gasteiger partial charge in [-0.15, -0.1) is 0 Å². The molecule has 0 saturated carbocycles. The third-order valence-electron chi connectivity index (χ3n) is 14.9. The standard InChI is InChI=1S/C15H10N2O4.2C14H8N2O4.C14H16N2O4.C10H8N2O4/c1-9-2-3-10(16-12(18)4-5-13(16)19)8-11(9)17-14(20)6-7-15(17)21;17-11-5-6-12(18)15(11)9-1-2-10(4-3-9)16-13(19)7-8-14(16)20;17-11-4-5-12(18)15(11)9-2-1-3-10(8-9)16-13(19)6-7-14(16)20;17-11-5-6-12(18)15(11)9-3-1-2-4-10-16-13(19)7-8-14(16)20;13-7-1-2-8(14)11(7)5-6-12-9(15)3-4-10(12)16/h2-8H,1H3;2*1-8H;5-8H,1-4,9-10H2;1-4H,5-6H2. The molecule has 0 saturated heterocycles. The molecule has 0 unspecified atom stereocenters. The van der Waals surface area contributed by atoms with E-state index in [1.807, 2.05) is 0 Å². The molecular formula is C67H50N10O20. The van der Waals surface area contributed by atoms with Gasteiger partial charge in [-0.05, 0) is 79.9 Å². The van der Waals surface area contributed by atoms with Crippen molar-refractivity contribution in [1.82, 2.24) is 19.6 Å². The minimum Gasteiger partial charge on any atom is -0.275 e. The number of unbranched alkanes of at least 4 members (excludes halogenated alkanes) is 3. The Morgan fingerprint density at radius 2 is 0.412 bits per heavy atom. The van der Waals surface area contributed by atoms with E-state index in [0.717, 1.165) is 89.2 Å². The summed E-state index contributed by atoms with van der Waals surface area (Å²) < 4.78 is 0.